The molecule has 2 N–H and O–H groups in total. The van der Waals surface area contributed by atoms with E-state index in [4.69, 9.17) is 0 Å². The highest BCUT2D eigenvalue weighted by molar-refractivity contribution is 5.20. The Morgan fingerprint density at radius 3 is 1.33 bits per heavy atom. The van der Waals surface area contributed by atoms with E-state index in [1.165, 1.54) is 11.1 Å². The van der Waals surface area contributed by atoms with E-state index in [0.29, 0.717) is 25.7 Å². The SMILES string of the molecule is OC1(CCc2ccccc2)C=CC(O)(CCc2ccccc2)CC1. The molecule has 0 aliphatic heterocycles. The van der Waals surface area contributed by atoms with Gasteiger partial charge in [-0.15, -0.1) is 0 Å². The minimum absolute atomic E-state index is 0.613. The molecule has 2 aromatic carbocycles. The lowest BCUT2D eigenvalue weighted by molar-refractivity contribution is 0.00249. The van der Waals surface area contributed by atoms with Crippen LogP contribution in [-0.4, -0.2) is 21.4 Å². The number of benzene rings is 2. The smallest absolute Gasteiger partial charge is 0.0833 e. The van der Waals surface area contributed by atoms with Gasteiger partial charge in [0.1, 0.15) is 0 Å². The van der Waals surface area contributed by atoms with Crippen molar-refractivity contribution < 1.29 is 10.2 Å². The molecule has 1 aliphatic carbocycles. The second kappa shape index (κ2) is 7.33. The maximum Gasteiger partial charge on any atom is 0.0833 e. The molecule has 2 heteroatoms. The van der Waals surface area contributed by atoms with Crippen LogP contribution in [0, 0.1) is 0 Å². The predicted molar refractivity (Wildman–Crippen MR) is 97.8 cm³/mol. The lowest BCUT2D eigenvalue weighted by Gasteiger charge is -2.36. The normalized spacial score (nSPS) is 26.4. The highest BCUT2D eigenvalue weighted by Crippen LogP contribution is 2.34. The first kappa shape index (κ1) is 16.9. The highest BCUT2D eigenvalue weighted by atomic mass is 16.3. The summed E-state index contributed by atoms with van der Waals surface area (Å²) in [5.41, 5.74) is 0.886. The van der Waals surface area contributed by atoms with Crippen molar-refractivity contribution in [3.8, 4) is 0 Å². The quantitative estimate of drug-likeness (QED) is 0.787. The van der Waals surface area contributed by atoms with Crippen molar-refractivity contribution in [2.24, 2.45) is 0 Å². The summed E-state index contributed by atoms with van der Waals surface area (Å²) in [5.74, 6) is 0. The fourth-order valence-electron chi connectivity index (χ4n) is 3.34. The molecule has 2 unspecified atom stereocenters. The third-order valence-electron chi connectivity index (χ3n) is 5.07. The zero-order valence-corrected chi connectivity index (χ0v) is 14.1. The molecule has 0 bridgehead atoms. The van der Waals surface area contributed by atoms with Gasteiger partial charge < -0.3 is 10.2 Å². The molecule has 2 nitrogen and oxygen atoms in total. The molecular weight excluding hydrogens is 296 g/mol. The van der Waals surface area contributed by atoms with E-state index in [-0.39, 0.29) is 0 Å². The molecule has 24 heavy (non-hydrogen) atoms. The number of aliphatic hydroxyl groups is 2. The van der Waals surface area contributed by atoms with Gasteiger partial charge in [-0.25, -0.2) is 0 Å². The number of aryl methyl sites for hydroxylation is 2. The summed E-state index contributed by atoms with van der Waals surface area (Å²) in [6.45, 7) is 0. The molecule has 0 heterocycles. The third kappa shape index (κ3) is 4.56. The zero-order valence-electron chi connectivity index (χ0n) is 14.1. The van der Waals surface area contributed by atoms with E-state index in [0.717, 1.165) is 12.8 Å². The average Bonchev–Trinajstić information content (AvgIpc) is 2.64. The van der Waals surface area contributed by atoms with Crippen molar-refractivity contribution in [2.75, 3.05) is 0 Å². The standard InChI is InChI=1S/C22H26O2/c23-21(13-11-19-7-3-1-4-8-19)15-17-22(24,18-16-21)14-12-20-9-5-2-6-10-20/h1-10,15,17,23-24H,11-14,16,18H2. The van der Waals surface area contributed by atoms with E-state index in [2.05, 4.69) is 24.3 Å². The summed E-state index contributed by atoms with van der Waals surface area (Å²) < 4.78 is 0. The van der Waals surface area contributed by atoms with Gasteiger partial charge in [0.25, 0.3) is 0 Å². The van der Waals surface area contributed by atoms with Crippen LogP contribution in [0.15, 0.2) is 72.8 Å². The van der Waals surface area contributed by atoms with Crippen LogP contribution in [0.3, 0.4) is 0 Å². The summed E-state index contributed by atoms with van der Waals surface area (Å²) in [4.78, 5) is 0. The minimum atomic E-state index is -0.797. The first-order chi connectivity index (χ1) is 11.6. The van der Waals surface area contributed by atoms with Crippen LogP contribution >= 0.6 is 0 Å². The van der Waals surface area contributed by atoms with Gasteiger partial charge in [0, 0.05) is 0 Å². The van der Waals surface area contributed by atoms with Gasteiger partial charge >= 0.3 is 0 Å². The molecule has 1 aliphatic rings. The maximum absolute atomic E-state index is 10.8. The molecule has 2 aromatic rings. The Morgan fingerprint density at radius 2 is 1.00 bits per heavy atom. The van der Waals surface area contributed by atoms with Gasteiger partial charge in [0.15, 0.2) is 0 Å². The predicted octanol–water partition coefficient (Wildman–Crippen LogP) is 4.06. The molecule has 2 atom stereocenters. The van der Waals surface area contributed by atoms with Gasteiger partial charge in [-0.2, -0.15) is 0 Å². The minimum Gasteiger partial charge on any atom is -0.386 e. The molecule has 0 aromatic heterocycles. The second-order valence-electron chi connectivity index (χ2n) is 7.01. The first-order valence-electron chi connectivity index (χ1n) is 8.80. The van der Waals surface area contributed by atoms with Gasteiger partial charge in [0.2, 0.25) is 0 Å². The molecule has 0 amide bonds. The molecule has 0 radical (unpaired) electrons. The van der Waals surface area contributed by atoms with Crippen LogP contribution < -0.4 is 0 Å². The van der Waals surface area contributed by atoms with Crippen LogP contribution in [-0.2, 0) is 12.8 Å². The maximum atomic E-state index is 10.8. The summed E-state index contributed by atoms with van der Waals surface area (Å²) in [5, 5.41) is 21.5. The van der Waals surface area contributed by atoms with Gasteiger partial charge in [0.05, 0.1) is 11.2 Å². The van der Waals surface area contributed by atoms with Crippen molar-refractivity contribution in [3.05, 3.63) is 83.9 Å². The summed E-state index contributed by atoms with van der Waals surface area (Å²) in [7, 11) is 0. The Hall–Kier alpha value is -1.90. The topological polar surface area (TPSA) is 40.5 Å². The van der Waals surface area contributed by atoms with Crippen molar-refractivity contribution in [1.29, 1.82) is 0 Å². The summed E-state index contributed by atoms with van der Waals surface area (Å²) in [6, 6.07) is 20.5. The van der Waals surface area contributed by atoms with E-state index in [9.17, 15) is 10.2 Å². The number of hydrogen-bond acceptors (Lipinski definition) is 2. The Kier molecular flexibility index (Phi) is 5.17. The summed E-state index contributed by atoms with van der Waals surface area (Å²) in [6.07, 6.45) is 7.97. The van der Waals surface area contributed by atoms with Crippen LogP contribution in [0.1, 0.15) is 36.8 Å². The Bertz CT molecular complexity index is 605. The number of rotatable bonds is 6. The molecule has 126 valence electrons. The lowest BCUT2D eigenvalue weighted by atomic mass is 9.77. The third-order valence-corrected chi connectivity index (χ3v) is 5.07. The van der Waals surface area contributed by atoms with Crippen LogP contribution in [0.4, 0.5) is 0 Å². The molecule has 3 rings (SSSR count). The highest BCUT2D eigenvalue weighted by Gasteiger charge is 2.35. The fourth-order valence-corrected chi connectivity index (χ4v) is 3.34. The Morgan fingerprint density at radius 1 is 0.625 bits per heavy atom. The van der Waals surface area contributed by atoms with E-state index in [1.807, 2.05) is 48.6 Å². The molecule has 0 saturated heterocycles. The van der Waals surface area contributed by atoms with Crippen molar-refractivity contribution >= 4 is 0 Å². The number of hydrogen-bond donors (Lipinski definition) is 2. The van der Waals surface area contributed by atoms with Gasteiger partial charge in [-0.05, 0) is 49.7 Å². The first-order valence-corrected chi connectivity index (χ1v) is 8.80. The largest absolute Gasteiger partial charge is 0.386 e. The molecular formula is C22H26O2. The Balaban J connectivity index is 1.55. The molecule has 0 saturated carbocycles. The Labute approximate surface area is 144 Å². The van der Waals surface area contributed by atoms with Gasteiger partial charge in [-0.1, -0.05) is 72.8 Å². The van der Waals surface area contributed by atoms with E-state index < -0.39 is 11.2 Å². The zero-order chi connectivity index (χ0) is 16.9. The van der Waals surface area contributed by atoms with Crippen molar-refractivity contribution in [1.82, 2.24) is 0 Å². The van der Waals surface area contributed by atoms with E-state index >= 15 is 0 Å². The fraction of sp³-hybridized carbons (Fsp3) is 0.364. The van der Waals surface area contributed by atoms with Gasteiger partial charge in [-0.3, -0.25) is 0 Å². The van der Waals surface area contributed by atoms with E-state index in [1.54, 1.807) is 0 Å². The molecule has 0 spiro atoms. The van der Waals surface area contributed by atoms with Crippen LogP contribution in [0.2, 0.25) is 0 Å². The molecule has 0 fully saturated rings. The van der Waals surface area contributed by atoms with Crippen LogP contribution in [0.25, 0.3) is 0 Å². The van der Waals surface area contributed by atoms with Crippen LogP contribution in [0.5, 0.6) is 0 Å². The second-order valence-corrected chi connectivity index (χ2v) is 7.01. The van der Waals surface area contributed by atoms with Crippen molar-refractivity contribution in [2.45, 2.75) is 49.7 Å². The summed E-state index contributed by atoms with van der Waals surface area (Å²) >= 11 is 0. The van der Waals surface area contributed by atoms with Crippen molar-refractivity contribution in [3.63, 3.8) is 0 Å². The monoisotopic (exact) mass is 322 g/mol. The lowest BCUT2D eigenvalue weighted by Crippen LogP contribution is -2.38. The average molecular weight is 322 g/mol.